The van der Waals surface area contributed by atoms with Gasteiger partial charge < -0.3 is 29.3 Å². The van der Waals surface area contributed by atoms with Crippen LogP contribution in [-0.2, 0) is 25.5 Å². The Morgan fingerprint density at radius 1 is 1.08 bits per heavy atom. The largest absolute Gasteiger partial charge is 0.376 e. The van der Waals surface area contributed by atoms with Gasteiger partial charge in [0.15, 0.2) is 0 Å². The number of carbonyl (C=O) groups excluding carboxylic acids is 1. The van der Waals surface area contributed by atoms with Gasteiger partial charge >= 0.3 is 0 Å². The van der Waals surface area contributed by atoms with Crippen LogP contribution in [0.2, 0.25) is 0 Å². The van der Waals surface area contributed by atoms with Gasteiger partial charge in [-0.25, -0.2) is 4.98 Å². The first-order chi connectivity index (χ1) is 17.6. The van der Waals surface area contributed by atoms with Gasteiger partial charge in [-0.3, -0.25) is 4.79 Å². The van der Waals surface area contributed by atoms with Crippen molar-refractivity contribution in [1.82, 2.24) is 4.98 Å². The van der Waals surface area contributed by atoms with Crippen LogP contribution in [0.25, 0.3) is 0 Å². The van der Waals surface area contributed by atoms with E-state index in [9.17, 15) is 4.79 Å². The third-order valence-electron chi connectivity index (χ3n) is 8.51. The maximum Gasteiger partial charge on any atom is 0.230 e. The van der Waals surface area contributed by atoms with Gasteiger partial charge in [0, 0.05) is 23.4 Å². The normalized spacial score (nSPS) is 32.3. The number of benzene rings is 1. The van der Waals surface area contributed by atoms with Gasteiger partial charge in [0.25, 0.3) is 0 Å². The molecule has 1 saturated carbocycles. The SMILES string of the molecule is CC(C)OC1CCC(C(=O)N2Cc3cccnc3Nc3ccc(N4[C@@H]5CO[C@H]6[C@@H]5OC[C@@H]64)cc32)CC1. The highest BCUT2D eigenvalue weighted by Gasteiger charge is 2.60. The number of nitrogens with zero attached hydrogens (tertiary/aromatic N) is 3. The van der Waals surface area contributed by atoms with Gasteiger partial charge in [-0.15, -0.1) is 0 Å². The molecule has 4 fully saturated rings. The second-order valence-electron chi connectivity index (χ2n) is 11.1. The average Bonchev–Trinajstić information content (AvgIpc) is 3.53. The molecule has 5 aliphatic rings. The van der Waals surface area contributed by atoms with Crippen LogP contribution in [0.1, 0.15) is 45.1 Å². The minimum Gasteiger partial charge on any atom is -0.376 e. The van der Waals surface area contributed by atoms with E-state index in [1.54, 1.807) is 6.20 Å². The fourth-order valence-corrected chi connectivity index (χ4v) is 6.88. The summed E-state index contributed by atoms with van der Waals surface area (Å²) < 4.78 is 18.0. The van der Waals surface area contributed by atoms with E-state index < -0.39 is 0 Å². The number of hydrogen-bond donors (Lipinski definition) is 1. The monoisotopic (exact) mass is 490 g/mol. The van der Waals surface area contributed by atoms with Gasteiger partial charge in [-0.2, -0.15) is 0 Å². The molecular weight excluding hydrogens is 456 g/mol. The second-order valence-corrected chi connectivity index (χ2v) is 11.1. The predicted octanol–water partition coefficient (Wildman–Crippen LogP) is 4.01. The van der Waals surface area contributed by atoms with E-state index in [1.165, 1.54) is 0 Å². The van der Waals surface area contributed by atoms with Crippen molar-refractivity contribution >= 4 is 28.8 Å². The van der Waals surface area contributed by atoms with E-state index in [4.69, 9.17) is 14.2 Å². The summed E-state index contributed by atoms with van der Waals surface area (Å²) in [6.07, 6.45) is 6.19. The first-order valence-electron chi connectivity index (χ1n) is 13.4. The predicted molar refractivity (Wildman–Crippen MR) is 137 cm³/mol. The van der Waals surface area contributed by atoms with E-state index >= 15 is 0 Å². The van der Waals surface area contributed by atoms with E-state index in [0.29, 0.717) is 19.8 Å². The number of anilines is 4. The van der Waals surface area contributed by atoms with Crippen LogP contribution >= 0.6 is 0 Å². The van der Waals surface area contributed by atoms with Gasteiger partial charge in [-0.1, -0.05) is 6.07 Å². The van der Waals surface area contributed by atoms with Crippen molar-refractivity contribution in [2.75, 3.05) is 28.3 Å². The van der Waals surface area contributed by atoms with Gasteiger partial charge in [-0.05, 0) is 63.8 Å². The Hall–Kier alpha value is -2.68. The van der Waals surface area contributed by atoms with Crippen LogP contribution in [0.5, 0.6) is 0 Å². The molecule has 7 rings (SSSR count). The molecule has 1 amide bonds. The molecule has 1 aromatic heterocycles. The molecule has 1 aliphatic carbocycles. The topological polar surface area (TPSA) is 76.2 Å². The first-order valence-corrected chi connectivity index (χ1v) is 13.4. The number of fused-ring (bicyclic) bond motifs is 2. The number of ether oxygens (including phenoxy) is 3. The molecule has 0 radical (unpaired) electrons. The third kappa shape index (κ3) is 3.61. The smallest absolute Gasteiger partial charge is 0.230 e. The van der Waals surface area contributed by atoms with Crippen LogP contribution in [0, 0.1) is 5.92 Å². The molecule has 8 nitrogen and oxygen atoms in total. The number of morpholine rings is 2. The van der Waals surface area contributed by atoms with Crippen LogP contribution < -0.4 is 15.1 Å². The van der Waals surface area contributed by atoms with Crippen molar-refractivity contribution in [1.29, 1.82) is 0 Å². The summed E-state index contributed by atoms with van der Waals surface area (Å²) in [4.78, 5) is 23.1. The molecule has 4 aliphatic heterocycles. The molecule has 4 bridgehead atoms. The molecule has 2 aromatic rings. The van der Waals surface area contributed by atoms with Crippen LogP contribution in [0.3, 0.4) is 0 Å². The summed E-state index contributed by atoms with van der Waals surface area (Å²) >= 11 is 0. The lowest BCUT2D eigenvalue weighted by molar-refractivity contribution is -0.124. The van der Waals surface area contributed by atoms with E-state index in [2.05, 4.69) is 53.3 Å². The Kier molecular flexibility index (Phi) is 5.45. The molecule has 0 spiro atoms. The Morgan fingerprint density at radius 3 is 2.56 bits per heavy atom. The number of carbonyl (C=O) groups is 1. The Morgan fingerprint density at radius 2 is 1.83 bits per heavy atom. The summed E-state index contributed by atoms with van der Waals surface area (Å²) in [5.41, 5.74) is 4.01. The molecule has 0 unspecified atom stereocenters. The highest BCUT2D eigenvalue weighted by atomic mass is 16.6. The van der Waals surface area contributed by atoms with Crippen LogP contribution in [-0.4, -0.2) is 60.6 Å². The van der Waals surface area contributed by atoms with Crippen molar-refractivity contribution in [3.8, 4) is 0 Å². The second kappa shape index (κ2) is 8.71. The van der Waals surface area contributed by atoms with E-state index in [1.807, 2.05) is 11.0 Å². The van der Waals surface area contributed by atoms with Crippen LogP contribution in [0.15, 0.2) is 36.5 Å². The Bertz CT molecular complexity index is 1150. The number of rotatable bonds is 4. The van der Waals surface area contributed by atoms with E-state index in [0.717, 1.165) is 54.1 Å². The summed E-state index contributed by atoms with van der Waals surface area (Å²) in [6, 6.07) is 10.9. The third-order valence-corrected chi connectivity index (χ3v) is 8.51. The van der Waals surface area contributed by atoms with Crippen molar-refractivity contribution in [3.63, 3.8) is 0 Å². The zero-order chi connectivity index (χ0) is 24.4. The molecule has 36 heavy (non-hydrogen) atoms. The number of hydrogen-bond acceptors (Lipinski definition) is 7. The standard InChI is InChI=1S/C28H34N4O4/c1-16(2)36-20-8-5-17(6-9-20)28(33)31-13-18-4-3-11-29-27(18)30-21-10-7-19(12-22(21)31)32-23-14-34-26-24(32)15-35-25(23)26/h3-4,7,10-12,16-17,20,23-26H,5-6,8-9,13-15H2,1-2H3,(H,29,30)/t17?,20?,23-,24+,25-,26-/m1/s1. The minimum absolute atomic E-state index is 0.00681. The van der Waals surface area contributed by atoms with Crippen LogP contribution in [0.4, 0.5) is 22.9 Å². The summed E-state index contributed by atoms with van der Waals surface area (Å²) in [7, 11) is 0. The zero-order valence-corrected chi connectivity index (χ0v) is 20.9. The summed E-state index contributed by atoms with van der Waals surface area (Å²) in [5, 5.41) is 3.51. The lowest BCUT2D eigenvalue weighted by atomic mass is 9.86. The quantitative estimate of drug-likeness (QED) is 0.694. The minimum atomic E-state index is 0.00681. The van der Waals surface area contributed by atoms with Gasteiger partial charge in [0.1, 0.15) is 18.0 Å². The fraction of sp³-hybridized carbons (Fsp3) is 0.571. The first kappa shape index (κ1) is 22.5. The van der Waals surface area contributed by atoms with Gasteiger partial charge in [0.2, 0.25) is 5.91 Å². The maximum absolute atomic E-state index is 14.1. The molecule has 3 saturated heterocycles. The molecule has 5 heterocycles. The lowest BCUT2D eigenvalue weighted by Crippen LogP contribution is -2.50. The van der Waals surface area contributed by atoms with Crippen molar-refractivity contribution in [2.24, 2.45) is 5.92 Å². The Labute approximate surface area is 211 Å². The number of nitrogens with one attached hydrogen (secondary N) is 1. The van der Waals surface area contributed by atoms with Crippen molar-refractivity contribution in [2.45, 2.75) is 82.6 Å². The number of aromatic nitrogens is 1. The van der Waals surface area contributed by atoms with Crippen molar-refractivity contribution in [3.05, 3.63) is 42.1 Å². The summed E-state index contributed by atoms with van der Waals surface area (Å²) in [5.74, 6) is 1.02. The average molecular weight is 491 g/mol. The lowest BCUT2D eigenvalue weighted by Gasteiger charge is -2.38. The van der Waals surface area contributed by atoms with E-state index in [-0.39, 0.29) is 48.3 Å². The number of pyridine rings is 1. The molecular formula is C28H34N4O4. The molecule has 4 atom stereocenters. The highest BCUT2D eigenvalue weighted by Crippen LogP contribution is 2.46. The molecule has 1 N–H and O–H groups in total. The molecule has 190 valence electrons. The molecule has 1 aromatic carbocycles. The Balaban J connectivity index is 1.21. The molecule has 8 heteroatoms. The van der Waals surface area contributed by atoms with Crippen molar-refractivity contribution < 1.29 is 19.0 Å². The van der Waals surface area contributed by atoms with Gasteiger partial charge in [0.05, 0.1) is 55.4 Å². The highest BCUT2D eigenvalue weighted by molar-refractivity contribution is 6.00. The summed E-state index contributed by atoms with van der Waals surface area (Å²) in [6.45, 7) is 6.06. The zero-order valence-electron chi connectivity index (χ0n) is 20.9. The number of amides is 1. The fourth-order valence-electron chi connectivity index (χ4n) is 6.88. The maximum atomic E-state index is 14.1.